The lowest BCUT2D eigenvalue weighted by molar-refractivity contribution is 0.0171. The zero-order chi connectivity index (χ0) is 30.3. The van der Waals surface area contributed by atoms with Gasteiger partial charge < -0.3 is 30.2 Å². The number of ether oxygens (including phenoxy) is 1. The molecule has 13 heteroatoms. The van der Waals surface area contributed by atoms with E-state index < -0.39 is 48.7 Å². The van der Waals surface area contributed by atoms with E-state index in [-0.39, 0.29) is 17.6 Å². The van der Waals surface area contributed by atoms with Gasteiger partial charge in [-0.25, -0.2) is 4.79 Å². The topological polar surface area (TPSA) is 107 Å². The van der Waals surface area contributed by atoms with Gasteiger partial charge in [-0.05, 0) is 21.5 Å². The molecule has 4 N–H and O–H groups in total. The summed E-state index contributed by atoms with van der Waals surface area (Å²) in [5.74, 6) is 0.665. The lowest BCUT2D eigenvalue weighted by atomic mass is 9.88. The molecule has 0 aromatic heterocycles. The van der Waals surface area contributed by atoms with Crippen LogP contribution in [0.1, 0.15) is 20.8 Å². The number of benzene rings is 2. The third-order valence-electron chi connectivity index (χ3n) is 7.82. The van der Waals surface area contributed by atoms with E-state index in [1.54, 1.807) is 17.2 Å². The van der Waals surface area contributed by atoms with Crippen molar-refractivity contribution in [3.63, 3.8) is 0 Å². The van der Waals surface area contributed by atoms with E-state index in [0.29, 0.717) is 5.82 Å². The van der Waals surface area contributed by atoms with E-state index in [1.165, 1.54) is 0 Å². The summed E-state index contributed by atoms with van der Waals surface area (Å²) in [6.07, 6.45) is 1.35. The predicted octanol–water partition coefficient (Wildman–Crippen LogP) is 3.32. The maximum Gasteiger partial charge on any atom is 0.437 e. The Morgan fingerprint density at radius 2 is 1.67 bits per heavy atom. The summed E-state index contributed by atoms with van der Waals surface area (Å²) in [5, 5.41) is 23.3. The summed E-state index contributed by atoms with van der Waals surface area (Å²) in [7, 11) is -2.91. The van der Waals surface area contributed by atoms with Gasteiger partial charge in [0.2, 0.25) is 9.75 Å². The van der Waals surface area contributed by atoms with Crippen molar-refractivity contribution < 1.29 is 19.1 Å². The van der Waals surface area contributed by atoms with Gasteiger partial charge in [-0.15, -0.1) is 4.99 Å². The number of halogens is 3. The van der Waals surface area contributed by atoms with Crippen LogP contribution in [0.5, 0.6) is 0 Å². The molecule has 0 radical (unpaired) electrons. The molecule has 2 aromatic carbocycles. The van der Waals surface area contributed by atoms with Crippen molar-refractivity contribution in [2.75, 3.05) is 13.2 Å². The number of hydrogen-bond donors (Lipinski definition) is 4. The second-order valence-corrected chi connectivity index (χ2v) is 18.4. The molecule has 224 valence electrons. The van der Waals surface area contributed by atoms with Crippen molar-refractivity contribution in [2.45, 2.75) is 53.5 Å². The molecule has 1 amide bonds. The summed E-state index contributed by atoms with van der Waals surface area (Å²) >= 11 is 17.3. The van der Waals surface area contributed by atoms with Gasteiger partial charge in [-0.2, -0.15) is 0 Å². The number of carbonyl (C=O) groups is 1. The number of nitrogens with zero attached hydrogens (tertiary/aromatic N) is 2. The average Bonchev–Trinajstić information content (AvgIpc) is 3.46. The molecule has 0 bridgehead atoms. The smallest absolute Gasteiger partial charge is 0.437 e. The van der Waals surface area contributed by atoms with E-state index in [1.807, 2.05) is 36.4 Å². The number of guanidine groups is 1. The molecule has 1 spiro atoms. The summed E-state index contributed by atoms with van der Waals surface area (Å²) in [6, 6.07) is 19.7. The maximum atomic E-state index is 12.7. The van der Waals surface area contributed by atoms with E-state index in [4.69, 9.17) is 44.0 Å². The number of aliphatic hydroxyl groups is 1. The molecule has 3 aliphatic heterocycles. The SMILES string of the molecule is C=C1N[C@H]2[C@H](CO[Si](c3ccccc3)(c3ccccc3)C(C)(C)C)N/C(=N\C(=O)OCC(Cl)(Cl)Cl)N3C=C[C@@H](O)C23N1. The highest BCUT2D eigenvalue weighted by Crippen LogP contribution is 2.40. The van der Waals surface area contributed by atoms with Crippen molar-refractivity contribution in [3.8, 4) is 0 Å². The first-order chi connectivity index (χ1) is 19.8. The number of nitrogens with one attached hydrogen (secondary N) is 3. The molecule has 3 aliphatic rings. The molecule has 42 heavy (non-hydrogen) atoms. The fourth-order valence-electron chi connectivity index (χ4n) is 6.14. The summed E-state index contributed by atoms with van der Waals surface area (Å²) in [6.45, 7) is 10.4. The minimum atomic E-state index is -2.91. The normalized spacial score (nSPS) is 26.3. The summed E-state index contributed by atoms with van der Waals surface area (Å²) in [5.41, 5.74) is -1.11. The van der Waals surface area contributed by atoms with E-state index in [9.17, 15) is 9.90 Å². The second kappa shape index (κ2) is 11.4. The molecule has 0 saturated carbocycles. The van der Waals surface area contributed by atoms with E-state index in [2.05, 4.69) is 72.6 Å². The van der Waals surface area contributed by atoms with Gasteiger partial charge in [-0.1, -0.05) is 123 Å². The Morgan fingerprint density at radius 3 is 2.21 bits per heavy atom. The molecule has 5 rings (SSSR count). The molecular weight excluding hydrogens is 617 g/mol. The van der Waals surface area contributed by atoms with Crippen LogP contribution in [0.4, 0.5) is 4.79 Å². The van der Waals surface area contributed by atoms with Crippen LogP contribution < -0.4 is 26.3 Å². The Balaban J connectivity index is 1.54. The largest absolute Gasteiger partial charge is 0.443 e. The number of aliphatic hydroxyl groups excluding tert-OH is 1. The summed E-state index contributed by atoms with van der Waals surface area (Å²) in [4.78, 5) is 18.5. The first kappa shape index (κ1) is 30.7. The monoisotopic (exact) mass is 649 g/mol. The molecule has 9 nitrogen and oxygen atoms in total. The Kier molecular flexibility index (Phi) is 8.34. The van der Waals surface area contributed by atoms with Crippen LogP contribution in [-0.4, -0.2) is 71.2 Å². The Bertz CT molecular complexity index is 1340. The van der Waals surface area contributed by atoms with Crippen LogP contribution in [0.3, 0.4) is 0 Å². The van der Waals surface area contributed by atoms with Crippen LogP contribution in [-0.2, 0) is 9.16 Å². The van der Waals surface area contributed by atoms with Gasteiger partial charge in [0.25, 0.3) is 8.32 Å². The molecule has 2 fully saturated rings. The van der Waals surface area contributed by atoms with Crippen LogP contribution in [0, 0.1) is 0 Å². The number of aliphatic imine (C=N–C) groups is 1. The van der Waals surface area contributed by atoms with Crippen molar-refractivity contribution in [1.29, 1.82) is 0 Å². The van der Waals surface area contributed by atoms with Gasteiger partial charge in [-0.3, -0.25) is 4.90 Å². The van der Waals surface area contributed by atoms with Crippen molar-refractivity contribution >= 4 is 65.5 Å². The highest BCUT2D eigenvalue weighted by molar-refractivity contribution is 6.99. The highest BCUT2D eigenvalue weighted by atomic mass is 35.6. The van der Waals surface area contributed by atoms with E-state index >= 15 is 0 Å². The first-order valence-corrected chi connectivity index (χ1v) is 16.6. The van der Waals surface area contributed by atoms with Gasteiger partial charge >= 0.3 is 6.09 Å². The predicted molar refractivity (Wildman–Crippen MR) is 168 cm³/mol. The van der Waals surface area contributed by atoms with Crippen molar-refractivity contribution in [1.82, 2.24) is 20.9 Å². The van der Waals surface area contributed by atoms with Crippen molar-refractivity contribution in [2.24, 2.45) is 4.99 Å². The molecule has 2 saturated heterocycles. The van der Waals surface area contributed by atoms with Crippen molar-refractivity contribution in [3.05, 3.63) is 85.3 Å². The fourth-order valence-corrected chi connectivity index (χ4v) is 10.9. The molecule has 1 unspecified atom stereocenters. The summed E-state index contributed by atoms with van der Waals surface area (Å²) < 4.78 is 10.5. The zero-order valence-corrected chi connectivity index (χ0v) is 26.7. The average molecular weight is 651 g/mol. The Hall–Kier alpha value is -2.73. The van der Waals surface area contributed by atoms with Gasteiger partial charge in [0.05, 0.1) is 24.5 Å². The van der Waals surface area contributed by atoms with Gasteiger partial charge in [0.1, 0.15) is 12.7 Å². The zero-order valence-electron chi connectivity index (χ0n) is 23.5. The molecule has 0 aliphatic carbocycles. The molecule has 4 atom stereocenters. The van der Waals surface area contributed by atoms with Gasteiger partial charge in [0.15, 0.2) is 5.66 Å². The number of rotatable bonds is 6. The quantitative estimate of drug-likeness (QED) is 0.279. The lowest BCUT2D eigenvalue weighted by Gasteiger charge is -2.50. The first-order valence-electron chi connectivity index (χ1n) is 13.5. The number of carbonyl (C=O) groups excluding carboxylic acids is 1. The number of amides is 1. The van der Waals surface area contributed by atoms with Crippen LogP contribution in [0.25, 0.3) is 0 Å². The lowest BCUT2D eigenvalue weighted by Crippen LogP contribution is -2.78. The second-order valence-electron chi connectivity index (χ2n) is 11.5. The fraction of sp³-hybridized carbons (Fsp3) is 0.379. The molecule has 3 heterocycles. The Labute approximate surface area is 261 Å². The van der Waals surface area contributed by atoms with Crippen LogP contribution >= 0.6 is 34.8 Å². The maximum absolute atomic E-state index is 12.7. The standard InChI is InChI=1S/C29H34Cl3N5O4Si/c1-19-33-24-22(17-41-42(27(2,3)4,20-11-7-5-8-12-20)21-13-9-6-10-14-21)34-25(35-26(39)40-18-28(30,31)32)37-16-15-23(38)29(24,37)36-19/h5-16,22-24,33,36,38H,1,17-18H2,2-4H3,(H,34,35,39)/t22-,23+,24-,29?/m0/s1. The minimum absolute atomic E-state index is 0.147. The third-order valence-corrected chi connectivity index (χ3v) is 13.2. The number of alkyl halides is 3. The van der Waals surface area contributed by atoms with E-state index in [0.717, 1.165) is 10.4 Å². The molecular formula is C29H34Cl3N5O4Si. The Morgan fingerprint density at radius 1 is 1.07 bits per heavy atom. The van der Waals surface area contributed by atoms with Gasteiger partial charge in [0, 0.05) is 6.20 Å². The number of hydrogen-bond acceptors (Lipinski definition) is 6. The van der Waals surface area contributed by atoms with Crippen LogP contribution in [0.15, 0.2) is 90.3 Å². The molecule has 2 aromatic rings. The third kappa shape index (κ3) is 5.52. The minimum Gasteiger partial charge on any atom is -0.443 e. The highest BCUT2D eigenvalue weighted by Gasteiger charge is 2.62. The van der Waals surface area contributed by atoms with Crippen LogP contribution in [0.2, 0.25) is 5.04 Å².